The van der Waals surface area contributed by atoms with Gasteiger partial charge in [0.1, 0.15) is 0 Å². The molecule has 2 N–H and O–H groups in total. The smallest absolute Gasteiger partial charge is 0.315 e. The number of nitrogens with two attached hydrogens (primary N) is 1. The summed E-state index contributed by atoms with van der Waals surface area (Å²) in [7, 11) is 0. The Morgan fingerprint density at radius 1 is 1.50 bits per heavy atom. The first-order valence-corrected chi connectivity index (χ1v) is 4.97. The average Bonchev–Trinajstić information content (AvgIpc) is 2.49. The Bertz CT molecular complexity index is 279. The van der Waals surface area contributed by atoms with Crippen molar-refractivity contribution in [2.75, 3.05) is 13.1 Å². The Kier molecular flexibility index (Phi) is 2.09. The maximum absolute atomic E-state index is 11.4. The fourth-order valence-corrected chi connectivity index (χ4v) is 2.49. The highest BCUT2D eigenvalue weighted by atomic mass is 16.2. The Hall–Kier alpha value is -1.26. The van der Waals surface area contributed by atoms with Gasteiger partial charge in [0, 0.05) is 19.5 Å². The van der Waals surface area contributed by atoms with E-state index in [1.807, 2.05) is 11.8 Å². The van der Waals surface area contributed by atoms with Gasteiger partial charge in [0.05, 0.1) is 12.1 Å². The second kappa shape index (κ2) is 3.15. The lowest BCUT2D eigenvalue weighted by molar-refractivity contribution is -0.131. The van der Waals surface area contributed by atoms with Crippen LogP contribution >= 0.6 is 0 Å². The Balaban J connectivity index is 2.14. The van der Waals surface area contributed by atoms with E-state index in [9.17, 15) is 9.59 Å². The Morgan fingerprint density at radius 3 is 2.86 bits per heavy atom. The van der Waals surface area contributed by atoms with E-state index in [0.717, 1.165) is 6.42 Å². The van der Waals surface area contributed by atoms with Crippen LogP contribution in [-0.4, -0.2) is 46.9 Å². The van der Waals surface area contributed by atoms with Crippen molar-refractivity contribution in [3.63, 3.8) is 0 Å². The number of piperazine rings is 1. The van der Waals surface area contributed by atoms with Crippen LogP contribution in [0.1, 0.15) is 19.8 Å². The molecule has 2 atom stereocenters. The second-order valence-corrected chi connectivity index (χ2v) is 3.97. The topological polar surface area (TPSA) is 66.6 Å². The van der Waals surface area contributed by atoms with Crippen LogP contribution in [0.2, 0.25) is 0 Å². The number of primary amides is 1. The van der Waals surface area contributed by atoms with Gasteiger partial charge in [-0.15, -0.1) is 0 Å². The minimum atomic E-state index is -0.378. The van der Waals surface area contributed by atoms with Crippen molar-refractivity contribution in [3.8, 4) is 0 Å². The molecule has 0 spiro atoms. The van der Waals surface area contributed by atoms with E-state index >= 15 is 0 Å². The number of hydrogen-bond acceptors (Lipinski definition) is 2. The van der Waals surface area contributed by atoms with E-state index in [2.05, 4.69) is 0 Å². The first-order chi connectivity index (χ1) is 6.61. The average molecular weight is 197 g/mol. The number of hydrogen-bond donors (Lipinski definition) is 1. The van der Waals surface area contributed by atoms with Crippen molar-refractivity contribution in [1.82, 2.24) is 9.80 Å². The summed E-state index contributed by atoms with van der Waals surface area (Å²) in [5.74, 6) is 0.214. The highest BCUT2D eigenvalue weighted by molar-refractivity contribution is 5.80. The second-order valence-electron chi connectivity index (χ2n) is 3.97. The van der Waals surface area contributed by atoms with Gasteiger partial charge in [0.15, 0.2) is 0 Å². The molecule has 0 aromatic rings. The minimum absolute atomic E-state index is 0.0627. The molecule has 2 rings (SSSR count). The first-order valence-electron chi connectivity index (χ1n) is 4.97. The van der Waals surface area contributed by atoms with Crippen molar-refractivity contribution in [2.24, 2.45) is 5.73 Å². The molecule has 5 nitrogen and oxygen atoms in total. The van der Waals surface area contributed by atoms with Crippen LogP contribution < -0.4 is 5.73 Å². The fourth-order valence-electron chi connectivity index (χ4n) is 2.49. The number of carbonyl (C=O) groups is 2. The lowest BCUT2D eigenvalue weighted by atomic mass is 10.0. The van der Waals surface area contributed by atoms with Crippen LogP contribution in [-0.2, 0) is 4.79 Å². The van der Waals surface area contributed by atoms with Gasteiger partial charge in [0.2, 0.25) is 5.91 Å². The number of fused-ring (bicyclic) bond motifs is 1. The Labute approximate surface area is 82.8 Å². The number of carbonyl (C=O) groups excluding carboxylic acids is 2. The summed E-state index contributed by atoms with van der Waals surface area (Å²) >= 11 is 0. The van der Waals surface area contributed by atoms with Gasteiger partial charge in [-0.25, -0.2) is 4.79 Å². The zero-order valence-corrected chi connectivity index (χ0v) is 8.27. The van der Waals surface area contributed by atoms with Gasteiger partial charge in [-0.3, -0.25) is 4.79 Å². The van der Waals surface area contributed by atoms with Crippen LogP contribution in [0.4, 0.5) is 4.79 Å². The summed E-state index contributed by atoms with van der Waals surface area (Å²) in [5.41, 5.74) is 5.26. The third kappa shape index (κ3) is 1.23. The van der Waals surface area contributed by atoms with E-state index < -0.39 is 0 Å². The van der Waals surface area contributed by atoms with Gasteiger partial charge in [0.25, 0.3) is 0 Å². The van der Waals surface area contributed by atoms with Crippen molar-refractivity contribution >= 4 is 11.9 Å². The van der Waals surface area contributed by atoms with Gasteiger partial charge < -0.3 is 15.5 Å². The van der Waals surface area contributed by atoms with Gasteiger partial charge >= 0.3 is 6.03 Å². The summed E-state index contributed by atoms with van der Waals surface area (Å²) in [5, 5.41) is 0. The molecule has 2 heterocycles. The van der Waals surface area contributed by atoms with Crippen LogP contribution in [0.5, 0.6) is 0 Å². The minimum Gasteiger partial charge on any atom is -0.351 e. The van der Waals surface area contributed by atoms with Gasteiger partial charge in [-0.1, -0.05) is 0 Å². The molecule has 0 aliphatic carbocycles. The van der Waals surface area contributed by atoms with Crippen LogP contribution in [0.3, 0.4) is 0 Å². The summed E-state index contributed by atoms with van der Waals surface area (Å²) < 4.78 is 0. The molecule has 0 aromatic heterocycles. The molecule has 2 fully saturated rings. The van der Waals surface area contributed by atoms with Crippen molar-refractivity contribution in [3.05, 3.63) is 0 Å². The molecule has 2 saturated heterocycles. The largest absolute Gasteiger partial charge is 0.351 e. The monoisotopic (exact) mass is 197 g/mol. The maximum atomic E-state index is 11.4. The number of rotatable bonds is 0. The quantitative estimate of drug-likeness (QED) is 0.582. The predicted molar refractivity (Wildman–Crippen MR) is 50.5 cm³/mol. The molecule has 14 heavy (non-hydrogen) atoms. The molecule has 2 aliphatic heterocycles. The Morgan fingerprint density at radius 2 is 2.21 bits per heavy atom. The molecule has 0 radical (unpaired) electrons. The molecule has 0 saturated carbocycles. The van der Waals surface area contributed by atoms with E-state index in [0.29, 0.717) is 19.5 Å². The standard InChI is InChI=1S/C9H15N3O2/c1-6-7-2-3-8(13)12(7)5-4-11(6)9(10)14/h6-7H,2-5H2,1H3,(H2,10,14). The van der Waals surface area contributed by atoms with Gasteiger partial charge in [-0.2, -0.15) is 0 Å². The molecule has 78 valence electrons. The third-order valence-electron chi connectivity index (χ3n) is 3.29. The summed E-state index contributed by atoms with van der Waals surface area (Å²) in [6.45, 7) is 3.16. The lowest BCUT2D eigenvalue weighted by Gasteiger charge is -2.42. The summed E-state index contributed by atoms with van der Waals surface area (Å²) in [4.78, 5) is 26.0. The number of amides is 3. The molecule has 5 heteroatoms. The fraction of sp³-hybridized carbons (Fsp3) is 0.778. The van der Waals surface area contributed by atoms with Crippen molar-refractivity contribution < 1.29 is 9.59 Å². The first kappa shape index (κ1) is 9.30. The highest BCUT2D eigenvalue weighted by Crippen LogP contribution is 2.27. The summed E-state index contributed by atoms with van der Waals surface area (Å²) in [6, 6.07) is -0.132. The van der Waals surface area contributed by atoms with Crippen LogP contribution in [0, 0.1) is 0 Å². The number of urea groups is 1. The SMILES string of the molecule is CC1C2CCC(=O)N2CCN1C(N)=O. The predicted octanol–water partition coefficient (Wildman–Crippen LogP) is -0.240. The summed E-state index contributed by atoms with van der Waals surface area (Å²) in [6.07, 6.45) is 1.46. The van der Waals surface area contributed by atoms with Crippen LogP contribution in [0.15, 0.2) is 0 Å². The van der Waals surface area contributed by atoms with E-state index in [4.69, 9.17) is 5.73 Å². The highest BCUT2D eigenvalue weighted by Gasteiger charge is 2.41. The van der Waals surface area contributed by atoms with E-state index in [1.54, 1.807) is 4.90 Å². The van der Waals surface area contributed by atoms with Crippen molar-refractivity contribution in [2.45, 2.75) is 31.8 Å². The molecule has 0 bridgehead atoms. The molecular formula is C9H15N3O2. The molecule has 2 aliphatic rings. The van der Waals surface area contributed by atoms with Crippen LogP contribution in [0.25, 0.3) is 0 Å². The number of nitrogens with zero attached hydrogens (tertiary/aromatic N) is 2. The maximum Gasteiger partial charge on any atom is 0.315 e. The molecule has 2 unspecified atom stereocenters. The van der Waals surface area contributed by atoms with E-state index in [1.165, 1.54) is 0 Å². The zero-order valence-electron chi connectivity index (χ0n) is 8.27. The molecule has 3 amide bonds. The molecular weight excluding hydrogens is 182 g/mol. The third-order valence-corrected chi connectivity index (χ3v) is 3.29. The normalized spacial score (nSPS) is 31.9. The van der Waals surface area contributed by atoms with Gasteiger partial charge in [-0.05, 0) is 13.3 Å². The van der Waals surface area contributed by atoms with Crippen molar-refractivity contribution in [1.29, 1.82) is 0 Å². The molecule has 0 aromatic carbocycles. The van der Waals surface area contributed by atoms with E-state index in [-0.39, 0.29) is 24.0 Å². The zero-order chi connectivity index (χ0) is 10.3. The lowest BCUT2D eigenvalue weighted by Crippen LogP contribution is -2.59.